The number of nitrogens with two attached hydrogens (primary N) is 1. The highest BCUT2D eigenvalue weighted by Gasteiger charge is 2.31. The van der Waals surface area contributed by atoms with Crippen molar-refractivity contribution in [1.29, 1.82) is 0 Å². The van der Waals surface area contributed by atoms with Crippen molar-refractivity contribution in [3.8, 4) is 0 Å². The minimum absolute atomic E-state index is 0.0204. The molecule has 0 fully saturated rings. The summed E-state index contributed by atoms with van der Waals surface area (Å²) in [7, 11) is 1.61. The van der Waals surface area contributed by atoms with Gasteiger partial charge in [-0.3, -0.25) is 4.79 Å². The molecule has 4 rings (SSSR count). The van der Waals surface area contributed by atoms with E-state index in [9.17, 15) is 27.9 Å². The zero-order valence-corrected chi connectivity index (χ0v) is 19.8. The van der Waals surface area contributed by atoms with Gasteiger partial charge in [-0.25, -0.2) is 14.8 Å². The number of halogens is 3. The Labute approximate surface area is 204 Å². The average molecular weight is 502 g/mol. The third-order valence-corrected chi connectivity index (χ3v) is 6.17. The van der Waals surface area contributed by atoms with E-state index in [0.29, 0.717) is 34.7 Å². The number of aryl methyl sites for hydroxylation is 1. The van der Waals surface area contributed by atoms with Crippen molar-refractivity contribution in [3.63, 3.8) is 0 Å². The van der Waals surface area contributed by atoms with Gasteiger partial charge in [0.15, 0.2) is 0 Å². The van der Waals surface area contributed by atoms with E-state index in [1.165, 1.54) is 15.5 Å². The van der Waals surface area contributed by atoms with Crippen LogP contribution in [0, 0.1) is 6.92 Å². The molecule has 1 atom stereocenters. The zero-order chi connectivity index (χ0) is 26.4. The molecule has 0 radical (unpaired) electrons. The molecule has 1 aromatic carbocycles. The number of pyridine rings is 1. The molecule has 1 aliphatic heterocycles. The highest BCUT2D eigenvalue weighted by atomic mass is 19.4. The molecule has 0 saturated heterocycles. The number of hydrogen-bond acceptors (Lipinski definition) is 6. The lowest BCUT2D eigenvalue weighted by molar-refractivity contribution is -0.137. The number of carboxylic acid groups (broad SMARTS) is 1. The van der Waals surface area contributed by atoms with E-state index in [1.54, 1.807) is 33.0 Å². The van der Waals surface area contributed by atoms with E-state index < -0.39 is 23.9 Å². The summed E-state index contributed by atoms with van der Waals surface area (Å²) in [6.07, 6.45) is -3.39. The smallest absolute Gasteiger partial charge is 0.416 e. The van der Waals surface area contributed by atoms with E-state index >= 15 is 0 Å². The van der Waals surface area contributed by atoms with Gasteiger partial charge in [0.1, 0.15) is 17.2 Å². The number of carbonyl (C=O) groups is 1. The van der Waals surface area contributed by atoms with Crippen molar-refractivity contribution in [2.24, 2.45) is 7.05 Å². The molecule has 12 heteroatoms. The van der Waals surface area contributed by atoms with Crippen LogP contribution in [0.5, 0.6) is 0 Å². The lowest BCUT2D eigenvalue weighted by atomic mass is 10.0. The van der Waals surface area contributed by atoms with Crippen LogP contribution in [0.15, 0.2) is 35.1 Å². The summed E-state index contributed by atoms with van der Waals surface area (Å²) in [5.74, 6) is 0.614. The van der Waals surface area contributed by atoms with Crippen molar-refractivity contribution < 1.29 is 23.1 Å². The van der Waals surface area contributed by atoms with Crippen LogP contribution in [-0.2, 0) is 13.2 Å². The standard InChI is InChI=1S/C24H25F3N6O3/c1-12(15-8-16(24(25,26)27)10-17(28)9-15)29-21-18-11-19(14-4-6-33(7-5-14)23(35)36)32(3)22(34)20(18)30-13(2)31-21/h4,8-12H,5-7,28H2,1-3H3,(H,35,36)(H,29,30,31). The fourth-order valence-electron chi connectivity index (χ4n) is 4.26. The first-order valence-corrected chi connectivity index (χ1v) is 11.1. The molecule has 190 valence electrons. The quantitative estimate of drug-likeness (QED) is 0.457. The van der Waals surface area contributed by atoms with Gasteiger partial charge in [-0.15, -0.1) is 0 Å². The molecule has 3 aromatic rings. The number of alkyl halides is 3. The van der Waals surface area contributed by atoms with Crippen molar-refractivity contribution >= 4 is 34.1 Å². The average Bonchev–Trinajstić information content (AvgIpc) is 2.80. The van der Waals surface area contributed by atoms with Crippen molar-refractivity contribution in [2.75, 3.05) is 24.1 Å². The van der Waals surface area contributed by atoms with Crippen molar-refractivity contribution in [2.45, 2.75) is 32.5 Å². The van der Waals surface area contributed by atoms with E-state index in [0.717, 1.165) is 17.7 Å². The number of amides is 1. The molecule has 4 N–H and O–H groups in total. The summed E-state index contributed by atoms with van der Waals surface area (Å²) in [6, 6.07) is 4.47. The van der Waals surface area contributed by atoms with E-state index in [4.69, 9.17) is 5.73 Å². The number of anilines is 2. The topological polar surface area (TPSA) is 126 Å². The van der Waals surface area contributed by atoms with Crippen LogP contribution in [0.25, 0.3) is 16.5 Å². The molecule has 0 aliphatic carbocycles. The molecular weight excluding hydrogens is 477 g/mol. The lowest BCUT2D eigenvalue weighted by Gasteiger charge is -2.25. The van der Waals surface area contributed by atoms with Crippen LogP contribution in [-0.4, -0.2) is 43.7 Å². The highest BCUT2D eigenvalue weighted by molar-refractivity contribution is 5.91. The predicted molar refractivity (Wildman–Crippen MR) is 130 cm³/mol. The number of rotatable bonds is 4. The Bertz CT molecular complexity index is 1450. The van der Waals surface area contributed by atoms with Gasteiger partial charge in [0.25, 0.3) is 5.56 Å². The Kier molecular flexibility index (Phi) is 6.37. The van der Waals surface area contributed by atoms with Gasteiger partial charge < -0.3 is 25.6 Å². The molecule has 1 amide bonds. The van der Waals surface area contributed by atoms with E-state index in [2.05, 4.69) is 15.3 Å². The van der Waals surface area contributed by atoms with Crippen LogP contribution >= 0.6 is 0 Å². The zero-order valence-electron chi connectivity index (χ0n) is 19.8. The number of nitrogens with one attached hydrogen (secondary N) is 1. The summed E-state index contributed by atoms with van der Waals surface area (Å²) in [5, 5.41) is 12.7. The third-order valence-electron chi connectivity index (χ3n) is 6.17. The Balaban J connectivity index is 1.78. The number of nitrogen functional groups attached to an aromatic ring is 1. The molecular formula is C24H25F3N6O3. The van der Waals surface area contributed by atoms with E-state index in [-0.39, 0.29) is 29.9 Å². The Morgan fingerprint density at radius 3 is 2.56 bits per heavy atom. The van der Waals surface area contributed by atoms with Crippen molar-refractivity contribution in [3.05, 3.63) is 63.3 Å². The molecule has 1 aliphatic rings. The highest BCUT2D eigenvalue weighted by Crippen LogP contribution is 2.34. The molecule has 3 heterocycles. The summed E-state index contributed by atoms with van der Waals surface area (Å²) < 4.78 is 41.3. The summed E-state index contributed by atoms with van der Waals surface area (Å²) in [6.45, 7) is 3.77. The normalized spacial score (nSPS) is 15.1. The molecule has 0 saturated carbocycles. The fraction of sp³-hybridized carbons (Fsp3) is 0.333. The largest absolute Gasteiger partial charge is 0.465 e. The van der Waals surface area contributed by atoms with Gasteiger partial charge >= 0.3 is 12.3 Å². The van der Waals surface area contributed by atoms with Gasteiger partial charge in [-0.2, -0.15) is 13.2 Å². The Morgan fingerprint density at radius 1 is 1.22 bits per heavy atom. The summed E-state index contributed by atoms with van der Waals surface area (Å²) in [5.41, 5.74) is 6.34. The van der Waals surface area contributed by atoms with Crippen LogP contribution in [0.2, 0.25) is 0 Å². The second-order valence-electron chi connectivity index (χ2n) is 8.74. The first-order valence-electron chi connectivity index (χ1n) is 11.1. The van der Waals surface area contributed by atoms with Gasteiger partial charge in [-0.1, -0.05) is 6.08 Å². The second kappa shape index (κ2) is 9.17. The molecule has 0 bridgehead atoms. The maximum absolute atomic E-state index is 13.3. The van der Waals surface area contributed by atoms with Gasteiger partial charge in [0.2, 0.25) is 0 Å². The minimum Gasteiger partial charge on any atom is -0.465 e. The number of hydrogen-bond donors (Lipinski definition) is 3. The molecule has 1 unspecified atom stereocenters. The number of aromatic nitrogens is 3. The Hall–Kier alpha value is -4.09. The maximum atomic E-state index is 13.3. The number of fused-ring (bicyclic) bond motifs is 1. The lowest BCUT2D eigenvalue weighted by Crippen LogP contribution is -2.34. The molecule has 9 nitrogen and oxygen atoms in total. The third kappa shape index (κ3) is 4.83. The maximum Gasteiger partial charge on any atom is 0.416 e. The summed E-state index contributed by atoms with van der Waals surface area (Å²) in [4.78, 5) is 34.4. The molecule has 36 heavy (non-hydrogen) atoms. The second-order valence-corrected chi connectivity index (χ2v) is 8.74. The monoisotopic (exact) mass is 502 g/mol. The number of nitrogens with zero attached hydrogens (tertiary/aromatic N) is 4. The van der Waals surface area contributed by atoms with Crippen LogP contribution in [0.4, 0.5) is 29.5 Å². The van der Waals surface area contributed by atoms with Gasteiger partial charge in [-0.05, 0) is 55.7 Å². The number of benzene rings is 1. The first-order chi connectivity index (χ1) is 16.8. The molecule has 2 aromatic heterocycles. The van der Waals surface area contributed by atoms with Crippen LogP contribution in [0.3, 0.4) is 0 Å². The Morgan fingerprint density at radius 2 is 1.94 bits per heavy atom. The first kappa shape index (κ1) is 25.0. The van der Waals surface area contributed by atoms with Gasteiger partial charge in [0, 0.05) is 31.5 Å². The van der Waals surface area contributed by atoms with Gasteiger partial charge in [0.05, 0.1) is 17.0 Å². The fourth-order valence-corrected chi connectivity index (χ4v) is 4.26. The summed E-state index contributed by atoms with van der Waals surface area (Å²) >= 11 is 0. The SMILES string of the molecule is Cc1nc(NC(C)c2cc(N)cc(C(F)(F)F)c2)c2cc(C3=CCN(C(=O)O)CC3)n(C)c(=O)c2n1. The van der Waals surface area contributed by atoms with Crippen molar-refractivity contribution in [1.82, 2.24) is 19.4 Å². The van der Waals surface area contributed by atoms with Crippen LogP contribution in [0.1, 0.15) is 42.0 Å². The minimum atomic E-state index is -4.55. The van der Waals surface area contributed by atoms with Crippen LogP contribution < -0.4 is 16.6 Å². The van der Waals surface area contributed by atoms with E-state index in [1.807, 2.05) is 0 Å². The predicted octanol–water partition coefficient (Wildman–Crippen LogP) is 4.18. The molecule has 0 spiro atoms.